The molecule has 0 atom stereocenters. The van der Waals surface area contributed by atoms with Gasteiger partial charge in [0, 0.05) is 4.88 Å². The first-order chi connectivity index (χ1) is 11.5. The van der Waals surface area contributed by atoms with Crippen molar-refractivity contribution in [2.24, 2.45) is 0 Å². The van der Waals surface area contributed by atoms with Crippen molar-refractivity contribution in [3.8, 4) is 0 Å². The molecule has 0 unspecified atom stereocenters. The number of rotatable bonds is 6. The lowest BCUT2D eigenvalue weighted by Crippen LogP contribution is -2.41. The topological polar surface area (TPSA) is 97.6 Å². The van der Waals surface area contributed by atoms with Gasteiger partial charge in [0.2, 0.25) is 0 Å². The molecule has 0 saturated heterocycles. The fourth-order valence-corrected chi connectivity index (χ4v) is 2.97. The first-order valence-electron chi connectivity index (χ1n) is 7.36. The summed E-state index contributed by atoms with van der Waals surface area (Å²) >= 11 is 1.34. The number of thiophene rings is 1. The Morgan fingerprint density at radius 2 is 2.12 bits per heavy atom. The Bertz CT molecular complexity index is 721. The molecule has 24 heavy (non-hydrogen) atoms. The molecule has 2 heterocycles. The molecule has 3 amide bonds. The van der Waals surface area contributed by atoms with Gasteiger partial charge in [-0.05, 0) is 37.1 Å². The van der Waals surface area contributed by atoms with E-state index in [1.165, 1.54) is 17.6 Å². The number of imide groups is 1. The predicted octanol–water partition coefficient (Wildman–Crippen LogP) is 2.39. The van der Waals surface area contributed by atoms with E-state index in [9.17, 15) is 14.4 Å². The highest BCUT2D eigenvalue weighted by Gasteiger charge is 2.15. The Labute approximate surface area is 143 Å². The molecule has 7 nitrogen and oxygen atoms in total. The molecule has 2 aromatic rings. The molecule has 0 aromatic carbocycles. The van der Waals surface area contributed by atoms with E-state index in [4.69, 9.17) is 9.15 Å². The van der Waals surface area contributed by atoms with Crippen LogP contribution in [0.5, 0.6) is 0 Å². The van der Waals surface area contributed by atoms with Gasteiger partial charge in [0.1, 0.15) is 10.6 Å². The number of hydrogen-bond acceptors (Lipinski definition) is 6. The van der Waals surface area contributed by atoms with Crippen LogP contribution in [0.25, 0.3) is 0 Å². The Hall–Kier alpha value is -2.61. The molecule has 0 saturated carbocycles. The number of amides is 3. The number of furan rings is 1. The Balaban J connectivity index is 1.73. The number of nitrogens with one attached hydrogen (secondary N) is 2. The molecule has 0 aliphatic carbocycles. The van der Waals surface area contributed by atoms with E-state index >= 15 is 0 Å². The lowest BCUT2D eigenvalue weighted by atomic mass is 10.2. The molecule has 0 aliphatic rings. The lowest BCUT2D eigenvalue weighted by molar-refractivity contribution is -0.123. The average Bonchev–Trinajstić information content (AvgIpc) is 3.19. The van der Waals surface area contributed by atoms with E-state index in [2.05, 4.69) is 10.6 Å². The highest BCUT2D eigenvalue weighted by Crippen LogP contribution is 2.22. The van der Waals surface area contributed by atoms with Crippen LogP contribution in [0.4, 0.5) is 4.79 Å². The number of ether oxygens (including phenoxy) is 1. The van der Waals surface area contributed by atoms with E-state index in [0.717, 1.165) is 16.9 Å². The van der Waals surface area contributed by atoms with Crippen molar-refractivity contribution in [2.45, 2.75) is 26.8 Å². The van der Waals surface area contributed by atoms with Gasteiger partial charge in [-0.1, -0.05) is 6.92 Å². The van der Waals surface area contributed by atoms with Gasteiger partial charge < -0.3 is 14.5 Å². The second-order valence-corrected chi connectivity index (χ2v) is 6.09. The van der Waals surface area contributed by atoms with Crippen molar-refractivity contribution < 1.29 is 23.5 Å². The summed E-state index contributed by atoms with van der Waals surface area (Å²) in [6.07, 6.45) is 2.32. The molecular formula is C16H18N2O5S. The zero-order valence-corrected chi connectivity index (χ0v) is 14.2. The van der Waals surface area contributed by atoms with Gasteiger partial charge in [-0.25, -0.2) is 9.59 Å². The van der Waals surface area contributed by atoms with Crippen molar-refractivity contribution in [2.75, 3.05) is 6.61 Å². The summed E-state index contributed by atoms with van der Waals surface area (Å²) in [6.45, 7) is 3.55. The fourth-order valence-electron chi connectivity index (χ4n) is 1.96. The van der Waals surface area contributed by atoms with Gasteiger partial charge in [-0.15, -0.1) is 11.3 Å². The number of esters is 1. The number of urea groups is 1. The molecular weight excluding hydrogens is 332 g/mol. The van der Waals surface area contributed by atoms with Crippen molar-refractivity contribution in [1.29, 1.82) is 0 Å². The second-order valence-electron chi connectivity index (χ2n) is 4.96. The van der Waals surface area contributed by atoms with Crippen LogP contribution in [0.2, 0.25) is 0 Å². The minimum Gasteiger partial charge on any atom is -0.467 e. The first kappa shape index (κ1) is 17.7. The Morgan fingerprint density at radius 1 is 1.33 bits per heavy atom. The van der Waals surface area contributed by atoms with Gasteiger partial charge in [-0.2, -0.15) is 0 Å². The van der Waals surface area contributed by atoms with E-state index in [1.54, 1.807) is 18.2 Å². The molecule has 0 fully saturated rings. The van der Waals surface area contributed by atoms with Crippen molar-refractivity contribution in [3.63, 3.8) is 0 Å². The highest BCUT2D eigenvalue weighted by molar-refractivity contribution is 7.14. The van der Waals surface area contributed by atoms with Crippen LogP contribution in [-0.2, 0) is 22.5 Å². The van der Waals surface area contributed by atoms with Gasteiger partial charge in [0.15, 0.2) is 6.61 Å². The van der Waals surface area contributed by atoms with Crippen LogP contribution in [0.15, 0.2) is 28.9 Å². The minimum absolute atomic E-state index is 0.153. The van der Waals surface area contributed by atoms with Crippen LogP contribution < -0.4 is 10.6 Å². The third kappa shape index (κ3) is 4.95. The molecule has 8 heteroatoms. The van der Waals surface area contributed by atoms with E-state index in [1.807, 2.05) is 13.8 Å². The van der Waals surface area contributed by atoms with Crippen LogP contribution >= 0.6 is 11.3 Å². The summed E-state index contributed by atoms with van der Waals surface area (Å²) in [5.74, 6) is -0.720. The summed E-state index contributed by atoms with van der Waals surface area (Å²) in [4.78, 5) is 36.6. The zero-order valence-electron chi connectivity index (χ0n) is 13.4. The van der Waals surface area contributed by atoms with Gasteiger partial charge in [0.05, 0.1) is 12.8 Å². The second kappa shape index (κ2) is 8.30. The third-order valence-corrected chi connectivity index (χ3v) is 4.49. The summed E-state index contributed by atoms with van der Waals surface area (Å²) in [6, 6.07) is 4.43. The quantitative estimate of drug-likeness (QED) is 0.780. The average molecular weight is 350 g/mol. The highest BCUT2D eigenvalue weighted by atomic mass is 32.1. The molecule has 2 N–H and O–H groups in total. The maximum absolute atomic E-state index is 11.9. The summed E-state index contributed by atoms with van der Waals surface area (Å²) in [5.41, 5.74) is 1.02. The molecule has 0 aliphatic heterocycles. The van der Waals surface area contributed by atoms with E-state index in [-0.39, 0.29) is 6.54 Å². The molecule has 2 aromatic heterocycles. The number of hydrogen-bond donors (Lipinski definition) is 2. The Kier molecular flexibility index (Phi) is 6.14. The standard InChI is InChI=1S/C16H18N2O5S/c1-3-12-10(2)7-13(24-12)15(20)23-9-14(19)18-16(21)17-8-11-5-4-6-22-11/h4-7H,3,8-9H2,1-2H3,(H2,17,18,19,21). The molecule has 0 bridgehead atoms. The maximum atomic E-state index is 11.9. The van der Waals surface area contributed by atoms with Gasteiger partial charge >= 0.3 is 12.0 Å². The first-order valence-corrected chi connectivity index (χ1v) is 8.17. The van der Waals surface area contributed by atoms with E-state index in [0.29, 0.717) is 10.6 Å². The van der Waals surface area contributed by atoms with Crippen LogP contribution in [0.1, 0.15) is 32.8 Å². The summed E-state index contributed by atoms with van der Waals surface area (Å²) < 4.78 is 9.96. The van der Waals surface area contributed by atoms with Gasteiger partial charge in [-0.3, -0.25) is 10.1 Å². The summed E-state index contributed by atoms with van der Waals surface area (Å²) in [7, 11) is 0. The Morgan fingerprint density at radius 3 is 2.75 bits per heavy atom. The van der Waals surface area contributed by atoms with Crippen LogP contribution in [0, 0.1) is 6.92 Å². The van der Waals surface area contributed by atoms with Crippen molar-refractivity contribution >= 4 is 29.2 Å². The number of carbonyl (C=O) groups excluding carboxylic acids is 3. The van der Waals surface area contributed by atoms with E-state index < -0.39 is 24.5 Å². The van der Waals surface area contributed by atoms with Gasteiger partial charge in [0.25, 0.3) is 5.91 Å². The smallest absolute Gasteiger partial charge is 0.348 e. The van der Waals surface area contributed by atoms with Crippen LogP contribution in [0.3, 0.4) is 0 Å². The van der Waals surface area contributed by atoms with Crippen molar-refractivity contribution in [1.82, 2.24) is 10.6 Å². The normalized spacial score (nSPS) is 10.2. The predicted molar refractivity (Wildman–Crippen MR) is 87.8 cm³/mol. The number of aryl methyl sites for hydroxylation is 2. The molecule has 2 rings (SSSR count). The monoisotopic (exact) mass is 350 g/mol. The largest absolute Gasteiger partial charge is 0.467 e. The molecule has 0 spiro atoms. The van der Waals surface area contributed by atoms with Crippen molar-refractivity contribution in [3.05, 3.63) is 45.5 Å². The third-order valence-electron chi connectivity index (χ3n) is 3.13. The minimum atomic E-state index is -0.704. The SMILES string of the molecule is CCc1sc(C(=O)OCC(=O)NC(=O)NCc2ccco2)cc1C. The summed E-state index contributed by atoms with van der Waals surface area (Å²) in [5, 5.41) is 4.52. The number of carbonyl (C=O) groups is 3. The lowest BCUT2D eigenvalue weighted by Gasteiger charge is -2.06. The molecule has 0 radical (unpaired) electrons. The molecule has 128 valence electrons. The maximum Gasteiger partial charge on any atom is 0.348 e. The zero-order chi connectivity index (χ0) is 17.5. The fraction of sp³-hybridized carbons (Fsp3) is 0.312. The van der Waals surface area contributed by atoms with Crippen LogP contribution in [-0.4, -0.2) is 24.5 Å².